The number of nitrogens with one attached hydrogen (secondary N) is 1. The van der Waals surface area contributed by atoms with Gasteiger partial charge in [-0.2, -0.15) is 15.4 Å². The molecule has 0 amide bonds. The van der Waals surface area contributed by atoms with Crippen LogP contribution in [0.3, 0.4) is 0 Å². The summed E-state index contributed by atoms with van der Waals surface area (Å²) in [5, 5.41) is 9.33. The summed E-state index contributed by atoms with van der Waals surface area (Å²) < 4.78 is 10.0. The molecule has 114 valence electrons. The van der Waals surface area contributed by atoms with Crippen LogP contribution >= 0.6 is 0 Å². The second-order valence-electron chi connectivity index (χ2n) is 4.30. The van der Waals surface area contributed by atoms with E-state index in [0.29, 0.717) is 0 Å². The lowest BCUT2D eigenvalue weighted by molar-refractivity contribution is 0.602. The van der Waals surface area contributed by atoms with Gasteiger partial charge in [0, 0.05) is 0 Å². The first-order valence-electron chi connectivity index (χ1n) is 6.79. The van der Waals surface area contributed by atoms with Crippen LogP contribution < -0.4 is 0 Å². The zero-order chi connectivity index (χ0) is 15.7. The van der Waals surface area contributed by atoms with E-state index in [1.165, 1.54) is 12.8 Å². The molecule has 0 radical (unpaired) electrons. The van der Waals surface area contributed by atoms with Crippen molar-refractivity contribution in [1.29, 1.82) is 0 Å². The molecule has 0 aliphatic carbocycles. The Morgan fingerprint density at radius 2 is 1.13 bits per heavy atom. The number of hydrogen-bond acceptors (Lipinski definition) is 6. The molecule has 3 heterocycles. The van der Waals surface area contributed by atoms with Crippen LogP contribution in [-0.4, -0.2) is 25.4 Å². The summed E-state index contributed by atoms with van der Waals surface area (Å²) in [6.07, 6.45) is 6.06. The number of fused-ring (bicyclic) bond motifs is 2. The average Bonchev–Trinajstić information content (AvgIpc) is 3.37. The molecule has 7 heteroatoms. The van der Waals surface area contributed by atoms with E-state index in [9.17, 15) is 0 Å². The predicted octanol–water partition coefficient (Wildman–Crippen LogP) is 3.46. The van der Waals surface area contributed by atoms with Crippen molar-refractivity contribution in [3.63, 3.8) is 0 Å². The summed E-state index contributed by atoms with van der Waals surface area (Å²) in [5.74, 6) is 0. The minimum absolute atomic E-state index is 0.845. The van der Waals surface area contributed by atoms with Crippen LogP contribution in [0.4, 0.5) is 0 Å². The normalized spacial score (nSPS) is 9.74. The molecular formula is C16H13N5O2. The zero-order valence-electron chi connectivity index (χ0n) is 12.0. The Hall–Kier alpha value is -3.48. The minimum atomic E-state index is 0.845. The lowest BCUT2D eigenvalue weighted by Gasteiger charge is -1.79. The van der Waals surface area contributed by atoms with Crippen LogP contribution in [0.25, 0.3) is 22.2 Å². The molecule has 3 aromatic heterocycles. The predicted molar refractivity (Wildman–Crippen MR) is 84.4 cm³/mol. The van der Waals surface area contributed by atoms with E-state index in [0.717, 1.165) is 22.2 Å². The van der Waals surface area contributed by atoms with Gasteiger partial charge in [-0.1, -0.05) is 24.3 Å². The van der Waals surface area contributed by atoms with Crippen molar-refractivity contribution in [2.75, 3.05) is 0 Å². The largest absolute Gasteiger partial charge is 0.443 e. The summed E-state index contributed by atoms with van der Waals surface area (Å²) in [6, 6.07) is 15.3. The molecule has 0 aliphatic rings. The zero-order valence-corrected chi connectivity index (χ0v) is 12.0. The van der Waals surface area contributed by atoms with E-state index < -0.39 is 0 Å². The Morgan fingerprint density at radius 1 is 0.652 bits per heavy atom. The fourth-order valence-electron chi connectivity index (χ4n) is 1.77. The van der Waals surface area contributed by atoms with Gasteiger partial charge in [-0.05, 0) is 24.3 Å². The van der Waals surface area contributed by atoms with Crippen molar-refractivity contribution in [3.8, 4) is 0 Å². The standard InChI is InChI=1S/2C7H5NO.C2H3N3/c2*1-2-4-7-6(3-1)8-5-9-7;1-2-4-5-3-1/h2*1-5H;1-2H,(H,3,4,5). The third-order valence-corrected chi connectivity index (χ3v) is 2.80. The number of rotatable bonds is 0. The van der Waals surface area contributed by atoms with Crippen LogP contribution in [0.15, 0.2) is 82.5 Å². The first-order valence-corrected chi connectivity index (χ1v) is 6.79. The van der Waals surface area contributed by atoms with Gasteiger partial charge in [0.05, 0.1) is 12.4 Å². The Bertz CT molecular complexity index is 800. The van der Waals surface area contributed by atoms with E-state index in [2.05, 4.69) is 25.4 Å². The Balaban J connectivity index is 0.000000107. The highest BCUT2D eigenvalue weighted by molar-refractivity contribution is 5.71. The van der Waals surface area contributed by atoms with Crippen molar-refractivity contribution in [2.45, 2.75) is 0 Å². The monoisotopic (exact) mass is 307 g/mol. The SMILES string of the molecule is c1ccc2ocnc2c1.c1ccc2ocnc2c1.c1cn[nH]n1. The highest BCUT2D eigenvalue weighted by Gasteiger charge is 1.92. The molecule has 0 atom stereocenters. The van der Waals surface area contributed by atoms with Gasteiger partial charge in [-0.25, -0.2) is 9.97 Å². The molecule has 0 spiro atoms. The Kier molecular flexibility index (Phi) is 4.72. The fraction of sp³-hybridized carbons (Fsp3) is 0. The Morgan fingerprint density at radius 3 is 1.52 bits per heavy atom. The van der Waals surface area contributed by atoms with E-state index in [1.807, 2.05) is 48.5 Å². The highest BCUT2D eigenvalue weighted by Crippen LogP contribution is 2.09. The van der Waals surface area contributed by atoms with Gasteiger partial charge in [-0.15, -0.1) is 0 Å². The van der Waals surface area contributed by atoms with Gasteiger partial charge in [-0.3, -0.25) is 0 Å². The van der Waals surface area contributed by atoms with Gasteiger partial charge in [0.25, 0.3) is 0 Å². The average molecular weight is 307 g/mol. The highest BCUT2D eigenvalue weighted by atomic mass is 16.3. The van der Waals surface area contributed by atoms with Gasteiger partial charge < -0.3 is 8.83 Å². The molecule has 0 saturated heterocycles. The van der Waals surface area contributed by atoms with Crippen LogP contribution in [0.5, 0.6) is 0 Å². The van der Waals surface area contributed by atoms with Crippen molar-refractivity contribution < 1.29 is 8.83 Å². The molecule has 0 saturated carbocycles. The Labute approximate surface area is 131 Å². The maximum absolute atomic E-state index is 5.01. The number of H-pyrrole nitrogens is 1. The number of para-hydroxylation sites is 4. The van der Waals surface area contributed by atoms with E-state index >= 15 is 0 Å². The third-order valence-electron chi connectivity index (χ3n) is 2.80. The summed E-state index contributed by atoms with van der Waals surface area (Å²) in [6.45, 7) is 0. The van der Waals surface area contributed by atoms with Crippen LogP contribution in [0.2, 0.25) is 0 Å². The molecule has 0 fully saturated rings. The summed E-state index contributed by atoms with van der Waals surface area (Å²) in [7, 11) is 0. The van der Waals surface area contributed by atoms with Crippen LogP contribution in [0, 0.1) is 0 Å². The summed E-state index contributed by atoms with van der Waals surface area (Å²) >= 11 is 0. The molecule has 2 aromatic carbocycles. The maximum atomic E-state index is 5.01. The molecule has 0 unspecified atom stereocenters. The summed E-state index contributed by atoms with van der Waals surface area (Å²) in [5.41, 5.74) is 3.52. The quantitative estimate of drug-likeness (QED) is 0.471. The number of aromatic amines is 1. The number of nitrogens with zero attached hydrogens (tertiary/aromatic N) is 4. The first kappa shape index (κ1) is 14.5. The van der Waals surface area contributed by atoms with E-state index in [-0.39, 0.29) is 0 Å². The second-order valence-corrected chi connectivity index (χ2v) is 4.30. The molecule has 1 N–H and O–H groups in total. The molecule has 0 bridgehead atoms. The van der Waals surface area contributed by atoms with Gasteiger partial charge in [0.1, 0.15) is 11.0 Å². The number of benzene rings is 2. The number of aromatic nitrogens is 5. The third kappa shape index (κ3) is 4.01. The smallest absolute Gasteiger partial charge is 0.181 e. The van der Waals surface area contributed by atoms with Crippen molar-refractivity contribution >= 4 is 22.2 Å². The first-order chi connectivity index (χ1) is 11.4. The van der Waals surface area contributed by atoms with Crippen molar-refractivity contribution in [1.82, 2.24) is 25.4 Å². The van der Waals surface area contributed by atoms with Gasteiger partial charge >= 0.3 is 0 Å². The van der Waals surface area contributed by atoms with Crippen molar-refractivity contribution in [2.24, 2.45) is 0 Å². The molecular weight excluding hydrogens is 294 g/mol. The van der Waals surface area contributed by atoms with E-state index in [4.69, 9.17) is 8.83 Å². The molecule has 7 nitrogen and oxygen atoms in total. The topological polar surface area (TPSA) is 93.6 Å². The lowest BCUT2D eigenvalue weighted by atomic mass is 10.3. The minimum Gasteiger partial charge on any atom is -0.443 e. The number of hydrogen-bond donors (Lipinski definition) is 1. The molecule has 23 heavy (non-hydrogen) atoms. The fourth-order valence-corrected chi connectivity index (χ4v) is 1.77. The second kappa shape index (κ2) is 7.51. The molecule has 5 rings (SSSR count). The van der Waals surface area contributed by atoms with Crippen molar-refractivity contribution in [3.05, 3.63) is 73.7 Å². The maximum Gasteiger partial charge on any atom is 0.181 e. The summed E-state index contributed by atoms with van der Waals surface area (Å²) in [4.78, 5) is 7.90. The molecule has 0 aliphatic heterocycles. The number of oxazole rings is 2. The lowest BCUT2D eigenvalue weighted by Crippen LogP contribution is -1.61. The van der Waals surface area contributed by atoms with Gasteiger partial charge in [0.2, 0.25) is 0 Å². The van der Waals surface area contributed by atoms with Crippen LogP contribution in [-0.2, 0) is 0 Å². The molecule has 5 aromatic rings. The van der Waals surface area contributed by atoms with Crippen LogP contribution in [0.1, 0.15) is 0 Å². The van der Waals surface area contributed by atoms with E-state index in [1.54, 1.807) is 12.4 Å². The van der Waals surface area contributed by atoms with Gasteiger partial charge in [0.15, 0.2) is 24.0 Å².